The van der Waals surface area contributed by atoms with Gasteiger partial charge in [-0.2, -0.15) is 0 Å². The van der Waals surface area contributed by atoms with Crippen LogP contribution in [0.2, 0.25) is 0 Å². The molecule has 5 nitrogen and oxygen atoms in total. The molecule has 5 heteroatoms. The number of nitrogens with zero attached hydrogens (tertiary/aromatic N) is 1. The van der Waals surface area contributed by atoms with Gasteiger partial charge in [-0.3, -0.25) is 9.69 Å². The van der Waals surface area contributed by atoms with Gasteiger partial charge >= 0.3 is 6.09 Å². The first kappa shape index (κ1) is 13.5. The number of ketones is 1. The number of aliphatic hydroxyl groups excluding tert-OH is 1. The van der Waals surface area contributed by atoms with Crippen LogP contribution in [0.3, 0.4) is 0 Å². The number of aliphatic hydroxyl groups is 1. The Balaban J connectivity index is 1.94. The quantitative estimate of drug-likeness (QED) is 0.874. The van der Waals surface area contributed by atoms with E-state index in [1.807, 2.05) is 30.3 Å². The summed E-state index contributed by atoms with van der Waals surface area (Å²) in [7, 11) is 0. The van der Waals surface area contributed by atoms with Gasteiger partial charge in [0.1, 0.15) is 6.61 Å². The fourth-order valence-corrected chi connectivity index (χ4v) is 2.04. The first-order chi connectivity index (χ1) is 9.08. The molecule has 0 spiro atoms. The lowest BCUT2D eigenvalue weighted by Crippen LogP contribution is -2.52. The molecule has 1 saturated heterocycles. The summed E-state index contributed by atoms with van der Waals surface area (Å²) in [5.41, 5.74) is 0.882. The molecule has 2 rings (SSSR count). The number of Topliss-reactive ketones (excluding diaryl/α,β-unsaturated/α-hetero) is 1. The number of ether oxygens (including phenoxy) is 1. The van der Waals surface area contributed by atoms with Crippen LogP contribution < -0.4 is 0 Å². The topological polar surface area (TPSA) is 66.8 Å². The summed E-state index contributed by atoms with van der Waals surface area (Å²) >= 11 is 0. The normalized spacial score (nSPS) is 23.3. The van der Waals surface area contributed by atoms with Gasteiger partial charge in [0.25, 0.3) is 0 Å². The van der Waals surface area contributed by atoms with E-state index in [1.54, 1.807) is 6.92 Å². The van der Waals surface area contributed by atoms with Crippen molar-refractivity contribution in [2.24, 2.45) is 0 Å². The van der Waals surface area contributed by atoms with Crippen LogP contribution in [0.25, 0.3) is 0 Å². The standard InChI is InChI=1S/C14H17NO4/c1-10-13(17)7-12(16)8-15(10)14(18)19-9-11-5-3-2-4-6-11/h2-6,10,13,17H,7-9H2,1H3/t10-,13-/m0/s1. The van der Waals surface area contributed by atoms with E-state index in [1.165, 1.54) is 4.90 Å². The van der Waals surface area contributed by atoms with Gasteiger partial charge in [0.15, 0.2) is 5.78 Å². The average Bonchev–Trinajstić information content (AvgIpc) is 2.41. The summed E-state index contributed by atoms with van der Waals surface area (Å²) in [4.78, 5) is 24.6. The second kappa shape index (κ2) is 5.84. The van der Waals surface area contributed by atoms with Crippen molar-refractivity contribution in [1.82, 2.24) is 4.90 Å². The lowest BCUT2D eigenvalue weighted by Gasteiger charge is -2.35. The minimum absolute atomic E-state index is 0.00580. The number of hydrogen-bond acceptors (Lipinski definition) is 4. The summed E-state index contributed by atoms with van der Waals surface area (Å²) < 4.78 is 5.16. The summed E-state index contributed by atoms with van der Waals surface area (Å²) in [5.74, 6) is -0.151. The van der Waals surface area contributed by atoms with Crippen molar-refractivity contribution < 1.29 is 19.4 Å². The van der Waals surface area contributed by atoms with E-state index >= 15 is 0 Å². The third-order valence-electron chi connectivity index (χ3n) is 3.27. The van der Waals surface area contributed by atoms with Crippen LogP contribution in [0.1, 0.15) is 18.9 Å². The number of likely N-dealkylation sites (tertiary alicyclic amines) is 1. The molecule has 1 N–H and O–H groups in total. The van der Waals surface area contributed by atoms with Crippen molar-refractivity contribution in [3.05, 3.63) is 35.9 Å². The molecule has 0 unspecified atom stereocenters. The van der Waals surface area contributed by atoms with Gasteiger partial charge in [-0.05, 0) is 12.5 Å². The second-order valence-corrected chi connectivity index (χ2v) is 4.72. The van der Waals surface area contributed by atoms with E-state index in [0.717, 1.165) is 5.56 Å². The van der Waals surface area contributed by atoms with Crippen molar-refractivity contribution in [3.63, 3.8) is 0 Å². The zero-order chi connectivity index (χ0) is 13.8. The number of carbonyl (C=O) groups excluding carboxylic acids is 2. The minimum atomic E-state index is -0.814. The first-order valence-electron chi connectivity index (χ1n) is 6.25. The lowest BCUT2D eigenvalue weighted by atomic mass is 10.00. The van der Waals surface area contributed by atoms with E-state index in [-0.39, 0.29) is 25.4 Å². The Labute approximate surface area is 111 Å². The van der Waals surface area contributed by atoms with Crippen LogP contribution in [0.15, 0.2) is 30.3 Å². The molecule has 19 heavy (non-hydrogen) atoms. The molecule has 0 saturated carbocycles. The fourth-order valence-electron chi connectivity index (χ4n) is 2.04. The average molecular weight is 263 g/mol. The maximum atomic E-state index is 11.9. The van der Waals surface area contributed by atoms with Crippen molar-refractivity contribution in [2.75, 3.05) is 6.54 Å². The SMILES string of the molecule is C[C@H]1[C@@H](O)CC(=O)CN1C(=O)OCc1ccccc1. The molecule has 1 heterocycles. The van der Waals surface area contributed by atoms with Crippen molar-refractivity contribution in [1.29, 1.82) is 0 Å². The van der Waals surface area contributed by atoms with Crippen molar-refractivity contribution in [3.8, 4) is 0 Å². The predicted molar refractivity (Wildman–Crippen MR) is 68.4 cm³/mol. The van der Waals surface area contributed by atoms with E-state index in [9.17, 15) is 14.7 Å². The highest BCUT2D eigenvalue weighted by molar-refractivity contribution is 5.86. The summed E-state index contributed by atoms with van der Waals surface area (Å²) in [6, 6.07) is 8.91. The highest BCUT2D eigenvalue weighted by atomic mass is 16.6. The molecule has 1 aliphatic rings. The molecule has 2 atom stereocenters. The lowest BCUT2D eigenvalue weighted by molar-refractivity contribution is -0.127. The van der Waals surface area contributed by atoms with Gasteiger partial charge in [0.05, 0.1) is 18.7 Å². The van der Waals surface area contributed by atoms with Gasteiger partial charge in [-0.25, -0.2) is 4.79 Å². The van der Waals surface area contributed by atoms with Crippen LogP contribution in [0.5, 0.6) is 0 Å². The molecular weight excluding hydrogens is 246 g/mol. The van der Waals surface area contributed by atoms with E-state index in [2.05, 4.69) is 0 Å². The Bertz CT molecular complexity index is 460. The number of piperidine rings is 1. The van der Waals surface area contributed by atoms with Gasteiger partial charge in [-0.1, -0.05) is 30.3 Å². The minimum Gasteiger partial charge on any atom is -0.445 e. The molecule has 0 bridgehead atoms. The van der Waals surface area contributed by atoms with E-state index < -0.39 is 18.2 Å². The van der Waals surface area contributed by atoms with Crippen LogP contribution >= 0.6 is 0 Å². The molecule has 1 aromatic rings. The Morgan fingerprint density at radius 3 is 2.79 bits per heavy atom. The number of benzene rings is 1. The Kier molecular flexibility index (Phi) is 4.16. The smallest absolute Gasteiger partial charge is 0.410 e. The molecule has 102 valence electrons. The molecule has 1 amide bonds. The number of carbonyl (C=O) groups is 2. The summed E-state index contributed by atoms with van der Waals surface area (Å²) in [5, 5.41) is 9.68. The van der Waals surface area contributed by atoms with Gasteiger partial charge in [-0.15, -0.1) is 0 Å². The second-order valence-electron chi connectivity index (χ2n) is 4.72. The molecule has 1 fully saturated rings. The Morgan fingerprint density at radius 1 is 1.42 bits per heavy atom. The van der Waals surface area contributed by atoms with E-state index in [4.69, 9.17) is 4.74 Å². The van der Waals surface area contributed by atoms with Crippen LogP contribution in [-0.4, -0.2) is 40.6 Å². The number of hydrogen-bond donors (Lipinski definition) is 1. The van der Waals surface area contributed by atoms with Crippen LogP contribution in [-0.2, 0) is 16.1 Å². The zero-order valence-corrected chi connectivity index (χ0v) is 10.8. The zero-order valence-electron chi connectivity index (χ0n) is 10.8. The first-order valence-corrected chi connectivity index (χ1v) is 6.25. The largest absolute Gasteiger partial charge is 0.445 e. The Morgan fingerprint density at radius 2 is 2.11 bits per heavy atom. The van der Waals surface area contributed by atoms with E-state index in [0.29, 0.717) is 0 Å². The third kappa shape index (κ3) is 3.32. The highest BCUT2D eigenvalue weighted by Crippen LogP contribution is 2.16. The molecule has 1 aromatic carbocycles. The highest BCUT2D eigenvalue weighted by Gasteiger charge is 2.34. The predicted octanol–water partition coefficient (Wildman–Crippen LogP) is 1.35. The molecule has 1 aliphatic heterocycles. The van der Waals surface area contributed by atoms with Gasteiger partial charge in [0.2, 0.25) is 0 Å². The summed E-state index contributed by atoms with van der Waals surface area (Å²) in [6.07, 6.45) is -1.28. The molecular formula is C14H17NO4. The fraction of sp³-hybridized carbons (Fsp3) is 0.429. The number of amides is 1. The number of rotatable bonds is 2. The maximum Gasteiger partial charge on any atom is 0.410 e. The molecule has 0 aromatic heterocycles. The van der Waals surface area contributed by atoms with Crippen molar-refractivity contribution >= 4 is 11.9 Å². The maximum absolute atomic E-state index is 11.9. The molecule has 0 aliphatic carbocycles. The monoisotopic (exact) mass is 263 g/mol. The van der Waals surface area contributed by atoms with Crippen LogP contribution in [0.4, 0.5) is 4.79 Å². The Hall–Kier alpha value is -1.88. The molecule has 0 radical (unpaired) electrons. The van der Waals surface area contributed by atoms with Gasteiger partial charge < -0.3 is 9.84 Å². The summed E-state index contributed by atoms with van der Waals surface area (Å²) in [6.45, 7) is 1.87. The van der Waals surface area contributed by atoms with Gasteiger partial charge in [0, 0.05) is 6.42 Å². The van der Waals surface area contributed by atoms with Crippen LogP contribution in [0, 0.1) is 0 Å². The van der Waals surface area contributed by atoms with Crippen molar-refractivity contribution in [2.45, 2.75) is 32.1 Å². The third-order valence-corrected chi connectivity index (χ3v) is 3.27.